The molecule has 0 unspecified atom stereocenters. The molecule has 7 nitrogen and oxygen atoms in total. The average molecular weight is 400 g/mol. The summed E-state index contributed by atoms with van der Waals surface area (Å²) in [6, 6.07) is 10.9. The molecule has 8 heteroatoms. The summed E-state index contributed by atoms with van der Waals surface area (Å²) in [5.41, 5.74) is 6.91. The van der Waals surface area contributed by atoms with E-state index in [2.05, 4.69) is 10.3 Å². The van der Waals surface area contributed by atoms with E-state index >= 15 is 0 Å². The van der Waals surface area contributed by atoms with Crippen molar-refractivity contribution in [1.29, 1.82) is 0 Å². The molecule has 0 aliphatic rings. The summed E-state index contributed by atoms with van der Waals surface area (Å²) in [4.78, 5) is 29.8. The van der Waals surface area contributed by atoms with Gasteiger partial charge in [-0.15, -0.1) is 0 Å². The summed E-state index contributed by atoms with van der Waals surface area (Å²) in [7, 11) is 3.07. The van der Waals surface area contributed by atoms with Crippen LogP contribution in [0.4, 0.5) is 10.1 Å². The van der Waals surface area contributed by atoms with Crippen molar-refractivity contribution in [2.24, 2.45) is 10.7 Å². The molecular weight excluding hydrogens is 375 g/mol. The molecule has 154 valence electrons. The molecule has 2 amide bonds. The van der Waals surface area contributed by atoms with Gasteiger partial charge in [0.1, 0.15) is 11.6 Å². The van der Waals surface area contributed by atoms with Crippen molar-refractivity contribution in [1.82, 2.24) is 4.90 Å². The summed E-state index contributed by atoms with van der Waals surface area (Å²) in [6.07, 6.45) is 0.226. The number of anilines is 1. The first-order valence-corrected chi connectivity index (χ1v) is 9.16. The second kappa shape index (κ2) is 10.2. The Morgan fingerprint density at radius 1 is 1.21 bits per heavy atom. The van der Waals surface area contributed by atoms with Crippen LogP contribution in [0, 0.1) is 5.82 Å². The van der Waals surface area contributed by atoms with E-state index in [1.54, 1.807) is 31.4 Å². The number of aryl methyl sites for hydroxylation is 1. The van der Waals surface area contributed by atoms with Crippen molar-refractivity contribution in [3.63, 3.8) is 0 Å². The van der Waals surface area contributed by atoms with Gasteiger partial charge in [-0.3, -0.25) is 19.5 Å². The van der Waals surface area contributed by atoms with Crippen molar-refractivity contribution < 1.29 is 18.7 Å². The second-order valence-corrected chi connectivity index (χ2v) is 6.27. The zero-order chi connectivity index (χ0) is 21.4. The minimum Gasteiger partial charge on any atom is -0.497 e. The maximum absolute atomic E-state index is 14.1. The number of carbonyl (C=O) groups excluding carboxylic acids is 2. The van der Waals surface area contributed by atoms with Crippen molar-refractivity contribution in [3.05, 3.63) is 59.4 Å². The highest BCUT2D eigenvalue weighted by molar-refractivity contribution is 6.04. The highest BCUT2D eigenvalue weighted by atomic mass is 19.1. The van der Waals surface area contributed by atoms with Gasteiger partial charge in [0.25, 0.3) is 5.91 Å². The highest BCUT2D eigenvalue weighted by Gasteiger charge is 2.14. The molecule has 0 spiro atoms. The minimum atomic E-state index is -0.446. The first kappa shape index (κ1) is 21.9. The number of guanidine groups is 1. The number of ether oxygens (including phenoxy) is 1. The van der Waals surface area contributed by atoms with E-state index in [0.29, 0.717) is 29.1 Å². The normalized spacial score (nSPS) is 11.1. The molecule has 2 aromatic rings. The zero-order valence-corrected chi connectivity index (χ0v) is 16.7. The topological polar surface area (TPSA) is 97.0 Å². The molecular formula is C21H25FN4O3. The lowest BCUT2D eigenvalue weighted by atomic mass is 10.1. The van der Waals surface area contributed by atoms with Crippen LogP contribution in [0.25, 0.3) is 0 Å². The van der Waals surface area contributed by atoms with Gasteiger partial charge < -0.3 is 15.8 Å². The van der Waals surface area contributed by atoms with Gasteiger partial charge in [0.2, 0.25) is 5.91 Å². The Morgan fingerprint density at radius 2 is 1.90 bits per heavy atom. The number of methoxy groups -OCH3 is 1. The first-order chi connectivity index (χ1) is 13.8. The van der Waals surface area contributed by atoms with Crippen molar-refractivity contribution in [2.75, 3.05) is 26.0 Å². The maximum Gasteiger partial charge on any atom is 0.255 e. The van der Waals surface area contributed by atoms with Crippen LogP contribution in [0.15, 0.2) is 47.5 Å². The van der Waals surface area contributed by atoms with Crippen LogP contribution in [0.3, 0.4) is 0 Å². The van der Waals surface area contributed by atoms with Gasteiger partial charge in [0.15, 0.2) is 5.96 Å². The molecule has 0 aromatic heterocycles. The van der Waals surface area contributed by atoms with Gasteiger partial charge in [-0.2, -0.15) is 0 Å². The number of aliphatic imine (C=N–C) groups is 1. The molecule has 0 bridgehead atoms. The van der Waals surface area contributed by atoms with Crippen molar-refractivity contribution in [3.8, 4) is 5.75 Å². The number of carbonyl (C=O) groups is 2. The third kappa shape index (κ3) is 6.03. The van der Waals surface area contributed by atoms with E-state index in [0.717, 1.165) is 0 Å². The van der Waals surface area contributed by atoms with Crippen LogP contribution in [0.2, 0.25) is 0 Å². The van der Waals surface area contributed by atoms with Gasteiger partial charge in [0.05, 0.1) is 7.11 Å². The van der Waals surface area contributed by atoms with Crippen LogP contribution in [0.1, 0.15) is 29.3 Å². The summed E-state index contributed by atoms with van der Waals surface area (Å²) >= 11 is 0. The van der Waals surface area contributed by atoms with Crippen LogP contribution >= 0.6 is 0 Å². The van der Waals surface area contributed by atoms with Gasteiger partial charge in [-0.05, 0) is 61.4 Å². The fraction of sp³-hybridized carbons (Fsp3) is 0.286. The molecule has 29 heavy (non-hydrogen) atoms. The van der Waals surface area contributed by atoms with Crippen molar-refractivity contribution in [2.45, 2.75) is 19.8 Å². The number of nitrogens with zero attached hydrogens (tertiary/aromatic N) is 2. The summed E-state index contributed by atoms with van der Waals surface area (Å²) in [6.45, 7) is 2.28. The summed E-state index contributed by atoms with van der Waals surface area (Å²) < 4.78 is 19.2. The number of hydrogen-bond acceptors (Lipinski definition) is 4. The molecule has 0 aliphatic heterocycles. The predicted molar refractivity (Wildman–Crippen MR) is 111 cm³/mol. The fourth-order valence-corrected chi connectivity index (χ4v) is 2.59. The Balaban J connectivity index is 2.04. The number of amides is 2. The Hall–Kier alpha value is -3.42. The fourth-order valence-electron chi connectivity index (χ4n) is 2.59. The predicted octanol–water partition coefficient (Wildman–Crippen LogP) is 2.81. The zero-order valence-electron chi connectivity index (χ0n) is 16.7. The lowest BCUT2D eigenvalue weighted by molar-refractivity contribution is -0.126. The van der Waals surface area contributed by atoms with Crippen molar-refractivity contribution >= 4 is 23.5 Å². The number of nitrogens with one attached hydrogen (secondary N) is 1. The van der Waals surface area contributed by atoms with Gasteiger partial charge in [0, 0.05) is 31.3 Å². The summed E-state index contributed by atoms with van der Waals surface area (Å²) in [5, 5.41) is 2.73. The van der Waals surface area contributed by atoms with E-state index < -0.39 is 5.82 Å². The highest BCUT2D eigenvalue weighted by Crippen LogP contribution is 2.18. The van der Waals surface area contributed by atoms with Gasteiger partial charge >= 0.3 is 0 Å². The lowest BCUT2D eigenvalue weighted by Crippen LogP contribution is -2.39. The maximum atomic E-state index is 14.1. The molecule has 3 N–H and O–H groups in total. The molecule has 0 fully saturated rings. The molecule has 0 aliphatic carbocycles. The molecule has 0 heterocycles. The minimum absolute atomic E-state index is 0.0588. The van der Waals surface area contributed by atoms with E-state index in [1.807, 2.05) is 6.92 Å². The Bertz CT molecular complexity index is 897. The van der Waals surface area contributed by atoms with E-state index in [1.165, 1.54) is 30.1 Å². The Kier molecular flexibility index (Phi) is 7.70. The average Bonchev–Trinajstić information content (AvgIpc) is 2.73. The molecule has 0 saturated heterocycles. The largest absolute Gasteiger partial charge is 0.497 e. The quantitative estimate of drug-likeness (QED) is 0.552. The molecule has 2 rings (SSSR count). The van der Waals surface area contributed by atoms with E-state index in [4.69, 9.17) is 10.5 Å². The Labute approximate surface area is 169 Å². The standard InChI is InChI=1S/C21H25FN4O3/c1-4-24-21(23)26(2)19(27)12-7-15-13-16(8-11-18(15)22)25-20(28)14-5-9-17(29-3)10-6-14/h5-6,8-11,13H,4,7,12H2,1-3H3,(H2,23,24)(H,25,28). The smallest absolute Gasteiger partial charge is 0.255 e. The molecule has 0 radical (unpaired) electrons. The molecule has 0 saturated carbocycles. The number of benzene rings is 2. The number of halogens is 1. The second-order valence-electron chi connectivity index (χ2n) is 6.27. The third-order valence-electron chi connectivity index (χ3n) is 4.30. The lowest BCUT2D eigenvalue weighted by Gasteiger charge is -2.16. The first-order valence-electron chi connectivity index (χ1n) is 9.16. The van der Waals surface area contributed by atoms with Crippen LogP contribution in [-0.2, 0) is 11.2 Å². The number of nitrogens with two attached hydrogens (primary N) is 1. The van der Waals surface area contributed by atoms with Gasteiger partial charge in [-0.1, -0.05) is 0 Å². The van der Waals surface area contributed by atoms with Crippen LogP contribution < -0.4 is 15.8 Å². The third-order valence-corrected chi connectivity index (χ3v) is 4.30. The Morgan fingerprint density at radius 3 is 2.52 bits per heavy atom. The number of hydrogen-bond donors (Lipinski definition) is 2. The number of rotatable bonds is 7. The van der Waals surface area contributed by atoms with Crippen LogP contribution in [-0.4, -0.2) is 43.4 Å². The van der Waals surface area contributed by atoms with Gasteiger partial charge in [-0.25, -0.2) is 4.39 Å². The SMILES string of the molecule is CCN=C(N)N(C)C(=O)CCc1cc(NC(=O)c2ccc(OC)cc2)ccc1F. The summed E-state index contributed by atoms with van der Waals surface area (Å²) in [5.74, 6) is -0.280. The molecule has 0 atom stereocenters. The van der Waals surface area contributed by atoms with E-state index in [-0.39, 0.29) is 30.6 Å². The van der Waals surface area contributed by atoms with Crippen LogP contribution in [0.5, 0.6) is 5.75 Å². The monoisotopic (exact) mass is 400 g/mol. The molecule has 2 aromatic carbocycles. The van der Waals surface area contributed by atoms with E-state index in [9.17, 15) is 14.0 Å².